The molecule has 1 amide bonds. The molecule has 2 aromatic rings. The van der Waals surface area contributed by atoms with Gasteiger partial charge in [0.05, 0.1) is 12.3 Å². The minimum Gasteiger partial charge on any atom is -0.481 e. The number of hydrogen-bond donors (Lipinski definition) is 2. The molecule has 20 heavy (non-hydrogen) atoms. The summed E-state index contributed by atoms with van der Waals surface area (Å²) in [6, 6.07) is 12.7. The zero-order valence-corrected chi connectivity index (χ0v) is 11.6. The van der Waals surface area contributed by atoms with Gasteiger partial charge in [0.2, 0.25) is 5.91 Å². The van der Waals surface area contributed by atoms with Crippen molar-refractivity contribution in [1.29, 1.82) is 0 Å². The van der Waals surface area contributed by atoms with E-state index in [9.17, 15) is 14.7 Å². The summed E-state index contributed by atoms with van der Waals surface area (Å²) < 4.78 is 0. The van der Waals surface area contributed by atoms with E-state index in [1.54, 1.807) is 24.3 Å². The molecule has 0 fully saturated rings. The largest absolute Gasteiger partial charge is 0.481 e. The molecule has 1 heterocycles. The van der Waals surface area contributed by atoms with Gasteiger partial charge < -0.3 is 10.4 Å². The normalized spacial score (nSPS) is 11.8. The second kappa shape index (κ2) is 6.86. The zero-order valence-electron chi connectivity index (χ0n) is 10.8. The van der Waals surface area contributed by atoms with Crippen LogP contribution in [0.25, 0.3) is 0 Å². The fraction of sp³-hybridized carbons (Fsp3) is 0.200. The van der Waals surface area contributed by atoms with Gasteiger partial charge in [0.25, 0.3) is 0 Å². The van der Waals surface area contributed by atoms with Gasteiger partial charge >= 0.3 is 5.97 Å². The minimum absolute atomic E-state index is 0.101. The Hall–Kier alpha value is -2.14. The van der Waals surface area contributed by atoms with Crippen LogP contribution in [0.15, 0.2) is 47.8 Å². The van der Waals surface area contributed by atoms with Crippen LogP contribution in [0.2, 0.25) is 0 Å². The van der Waals surface area contributed by atoms with Crippen molar-refractivity contribution >= 4 is 23.2 Å². The Morgan fingerprint density at radius 3 is 2.50 bits per heavy atom. The van der Waals surface area contributed by atoms with Crippen LogP contribution in [0.1, 0.15) is 16.4 Å². The van der Waals surface area contributed by atoms with Crippen molar-refractivity contribution in [3.63, 3.8) is 0 Å². The van der Waals surface area contributed by atoms with E-state index in [1.807, 2.05) is 23.6 Å². The van der Waals surface area contributed by atoms with Gasteiger partial charge in [0, 0.05) is 11.4 Å². The predicted octanol–water partition coefficient (Wildman–Crippen LogP) is 2.28. The van der Waals surface area contributed by atoms with Crippen molar-refractivity contribution in [2.45, 2.75) is 12.3 Å². The Kier molecular flexibility index (Phi) is 4.90. The lowest BCUT2D eigenvalue weighted by Crippen LogP contribution is -2.32. The summed E-state index contributed by atoms with van der Waals surface area (Å²) >= 11 is 1.51. The number of amides is 1. The van der Waals surface area contributed by atoms with Gasteiger partial charge in [0.1, 0.15) is 0 Å². The van der Waals surface area contributed by atoms with E-state index in [-0.39, 0.29) is 12.5 Å². The number of aliphatic carboxylic acids is 1. The number of benzene rings is 1. The van der Waals surface area contributed by atoms with E-state index in [1.165, 1.54) is 11.3 Å². The molecule has 0 saturated carbocycles. The first-order valence-corrected chi connectivity index (χ1v) is 7.11. The van der Waals surface area contributed by atoms with Crippen LogP contribution in [0.5, 0.6) is 0 Å². The quantitative estimate of drug-likeness (QED) is 0.857. The number of carboxylic acid groups (broad SMARTS) is 1. The first-order valence-electron chi connectivity index (χ1n) is 6.23. The van der Waals surface area contributed by atoms with E-state index in [0.717, 1.165) is 4.88 Å². The summed E-state index contributed by atoms with van der Waals surface area (Å²) in [5.41, 5.74) is 0.691. The molecule has 104 valence electrons. The average Bonchev–Trinajstić information content (AvgIpc) is 2.92. The molecule has 1 aromatic heterocycles. The van der Waals surface area contributed by atoms with Gasteiger partial charge in [-0.2, -0.15) is 0 Å². The third kappa shape index (κ3) is 3.93. The highest BCUT2D eigenvalue weighted by atomic mass is 32.1. The van der Waals surface area contributed by atoms with Gasteiger partial charge in [-0.1, -0.05) is 36.4 Å². The van der Waals surface area contributed by atoms with Crippen molar-refractivity contribution in [2.24, 2.45) is 0 Å². The SMILES string of the molecule is O=C(Cc1cccs1)NCC(C(=O)O)c1ccccc1. The zero-order chi connectivity index (χ0) is 14.4. The number of carbonyl (C=O) groups is 2. The summed E-state index contributed by atoms with van der Waals surface area (Å²) in [4.78, 5) is 24.0. The van der Waals surface area contributed by atoms with Crippen molar-refractivity contribution in [3.05, 3.63) is 58.3 Å². The molecular weight excluding hydrogens is 274 g/mol. The first kappa shape index (κ1) is 14.3. The lowest BCUT2D eigenvalue weighted by Gasteiger charge is -2.13. The highest BCUT2D eigenvalue weighted by Crippen LogP contribution is 2.15. The minimum atomic E-state index is -0.937. The van der Waals surface area contributed by atoms with Crippen molar-refractivity contribution in [3.8, 4) is 0 Å². The van der Waals surface area contributed by atoms with Crippen LogP contribution in [0, 0.1) is 0 Å². The Balaban J connectivity index is 1.93. The molecule has 1 atom stereocenters. The van der Waals surface area contributed by atoms with E-state index < -0.39 is 11.9 Å². The summed E-state index contributed by atoms with van der Waals surface area (Å²) in [5, 5.41) is 13.8. The molecule has 0 bridgehead atoms. The standard InChI is InChI=1S/C15H15NO3S/c17-14(9-12-7-4-8-20-12)16-10-13(15(18)19)11-5-2-1-3-6-11/h1-8,13H,9-10H2,(H,16,17)(H,18,19). The number of rotatable bonds is 6. The van der Waals surface area contributed by atoms with Gasteiger partial charge in [-0.15, -0.1) is 11.3 Å². The molecule has 4 nitrogen and oxygen atoms in total. The fourth-order valence-corrected chi connectivity index (χ4v) is 2.59. The lowest BCUT2D eigenvalue weighted by atomic mass is 9.99. The van der Waals surface area contributed by atoms with Crippen LogP contribution in [-0.4, -0.2) is 23.5 Å². The van der Waals surface area contributed by atoms with Gasteiger partial charge in [0.15, 0.2) is 0 Å². The maximum atomic E-state index is 11.8. The van der Waals surface area contributed by atoms with E-state index >= 15 is 0 Å². The van der Waals surface area contributed by atoms with Crippen LogP contribution in [-0.2, 0) is 16.0 Å². The second-order valence-electron chi connectivity index (χ2n) is 4.36. The molecular formula is C15H15NO3S. The summed E-state index contributed by atoms with van der Waals surface area (Å²) in [5.74, 6) is -1.81. The monoisotopic (exact) mass is 289 g/mol. The van der Waals surface area contributed by atoms with E-state index in [0.29, 0.717) is 12.0 Å². The van der Waals surface area contributed by atoms with Crippen LogP contribution in [0.4, 0.5) is 0 Å². The van der Waals surface area contributed by atoms with Crippen LogP contribution >= 0.6 is 11.3 Å². The molecule has 5 heteroatoms. The summed E-state index contributed by atoms with van der Waals surface area (Å²) in [7, 11) is 0. The number of hydrogen-bond acceptors (Lipinski definition) is 3. The number of nitrogens with one attached hydrogen (secondary N) is 1. The van der Waals surface area contributed by atoms with Crippen molar-refractivity contribution < 1.29 is 14.7 Å². The van der Waals surface area contributed by atoms with Gasteiger partial charge in [-0.05, 0) is 17.0 Å². The predicted molar refractivity (Wildman–Crippen MR) is 77.9 cm³/mol. The first-order chi connectivity index (χ1) is 9.66. The van der Waals surface area contributed by atoms with E-state index in [2.05, 4.69) is 5.32 Å². The number of thiophene rings is 1. The molecule has 2 N–H and O–H groups in total. The summed E-state index contributed by atoms with van der Waals surface area (Å²) in [6.45, 7) is 0.101. The Labute approximate surface area is 121 Å². The third-order valence-corrected chi connectivity index (χ3v) is 3.79. The van der Waals surface area contributed by atoms with Gasteiger partial charge in [-0.25, -0.2) is 0 Å². The van der Waals surface area contributed by atoms with Crippen LogP contribution < -0.4 is 5.32 Å². The number of carbonyl (C=O) groups excluding carboxylic acids is 1. The molecule has 0 spiro atoms. The fourth-order valence-electron chi connectivity index (χ4n) is 1.88. The topological polar surface area (TPSA) is 66.4 Å². The Morgan fingerprint density at radius 2 is 1.90 bits per heavy atom. The molecule has 0 aliphatic heterocycles. The molecule has 1 aromatic carbocycles. The maximum absolute atomic E-state index is 11.8. The molecule has 0 aliphatic carbocycles. The Morgan fingerprint density at radius 1 is 1.15 bits per heavy atom. The third-order valence-electron chi connectivity index (χ3n) is 2.92. The van der Waals surface area contributed by atoms with Crippen molar-refractivity contribution in [1.82, 2.24) is 5.32 Å². The van der Waals surface area contributed by atoms with Crippen molar-refractivity contribution in [2.75, 3.05) is 6.54 Å². The Bertz CT molecular complexity index is 566. The highest BCUT2D eigenvalue weighted by molar-refractivity contribution is 7.10. The highest BCUT2D eigenvalue weighted by Gasteiger charge is 2.20. The van der Waals surface area contributed by atoms with E-state index in [4.69, 9.17) is 0 Å². The average molecular weight is 289 g/mol. The molecule has 2 rings (SSSR count). The molecule has 0 saturated heterocycles. The number of carboxylic acids is 1. The smallest absolute Gasteiger partial charge is 0.312 e. The van der Waals surface area contributed by atoms with Gasteiger partial charge in [-0.3, -0.25) is 9.59 Å². The molecule has 0 radical (unpaired) electrons. The summed E-state index contributed by atoms with van der Waals surface area (Å²) in [6.07, 6.45) is 0.290. The molecule has 0 aliphatic rings. The molecule has 1 unspecified atom stereocenters. The maximum Gasteiger partial charge on any atom is 0.312 e. The van der Waals surface area contributed by atoms with Crippen LogP contribution in [0.3, 0.4) is 0 Å². The second-order valence-corrected chi connectivity index (χ2v) is 5.39. The lowest BCUT2D eigenvalue weighted by molar-refractivity contribution is -0.138.